The van der Waals surface area contributed by atoms with Gasteiger partial charge in [-0.3, -0.25) is 0 Å². The summed E-state index contributed by atoms with van der Waals surface area (Å²) >= 11 is 3.49. The van der Waals surface area contributed by atoms with Crippen molar-refractivity contribution in [2.45, 2.75) is 13.8 Å². The highest BCUT2D eigenvalue weighted by Gasteiger charge is 2.11. The number of aliphatic imine (C=N–C) groups is 1. The number of aryl methyl sites for hydroxylation is 1. The maximum absolute atomic E-state index is 5.98. The van der Waals surface area contributed by atoms with E-state index in [0.29, 0.717) is 11.5 Å². The molecule has 23 heavy (non-hydrogen) atoms. The standard InChI is InChI=1S/C18H21BrN2O2/c1-5-21(3)12-20-15-11-17(22-4)18(10-13(15)2)23-16-9-7-6-8-14(16)19/h6-12H,5H2,1-4H3/b20-12+. The van der Waals surface area contributed by atoms with Crippen LogP contribution in [0.4, 0.5) is 5.69 Å². The first kappa shape index (κ1) is 17.3. The van der Waals surface area contributed by atoms with Crippen LogP contribution in [0.2, 0.25) is 0 Å². The van der Waals surface area contributed by atoms with Gasteiger partial charge in [0.2, 0.25) is 0 Å². The third-order valence-corrected chi connectivity index (χ3v) is 4.09. The molecule has 5 heteroatoms. The van der Waals surface area contributed by atoms with Gasteiger partial charge >= 0.3 is 0 Å². The van der Waals surface area contributed by atoms with Gasteiger partial charge in [-0.15, -0.1) is 0 Å². The highest BCUT2D eigenvalue weighted by atomic mass is 79.9. The molecule has 0 aromatic heterocycles. The molecule has 0 radical (unpaired) electrons. The lowest BCUT2D eigenvalue weighted by molar-refractivity contribution is 0.378. The van der Waals surface area contributed by atoms with Crippen LogP contribution in [0.15, 0.2) is 45.9 Å². The summed E-state index contributed by atoms with van der Waals surface area (Å²) in [4.78, 5) is 6.52. The van der Waals surface area contributed by atoms with Crippen molar-refractivity contribution in [3.05, 3.63) is 46.4 Å². The molecular formula is C18H21BrN2O2. The van der Waals surface area contributed by atoms with Gasteiger partial charge in [0.1, 0.15) is 5.75 Å². The number of hydrogen-bond donors (Lipinski definition) is 0. The molecule has 0 amide bonds. The molecule has 0 saturated carbocycles. The van der Waals surface area contributed by atoms with Gasteiger partial charge in [0.15, 0.2) is 11.5 Å². The minimum Gasteiger partial charge on any atom is -0.493 e. The van der Waals surface area contributed by atoms with Crippen LogP contribution in [0.5, 0.6) is 17.2 Å². The fourth-order valence-electron chi connectivity index (χ4n) is 1.92. The van der Waals surface area contributed by atoms with E-state index in [-0.39, 0.29) is 0 Å². The number of halogens is 1. The van der Waals surface area contributed by atoms with Crippen LogP contribution in [0.1, 0.15) is 12.5 Å². The van der Waals surface area contributed by atoms with E-state index < -0.39 is 0 Å². The number of para-hydroxylation sites is 1. The first-order chi connectivity index (χ1) is 11.0. The zero-order valence-corrected chi connectivity index (χ0v) is 15.4. The Labute approximate surface area is 145 Å². The number of hydrogen-bond acceptors (Lipinski definition) is 3. The van der Waals surface area contributed by atoms with Crippen LogP contribution in [0, 0.1) is 6.92 Å². The first-order valence-electron chi connectivity index (χ1n) is 7.40. The van der Waals surface area contributed by atoms with E-state index in [1.807, 2.05) is 61.6 Å². The maximum atomic E-state index is 5.98. The Morgan fingerprint density at radius 1 is 1.17 bits per heavy atom. The molecule has 0 fully saturated rings. The lowest BCUT2D eigenvalue weighted by Gasteiger charge is -2.14. The molecule has 0 spiro atoms. The summed E-state index contributed by atoms with van der Waals surface area (Å²) < 4.78 is 12.3. The van der Waals surface area contributed by atoms with E-state index in [0.717, 1.165) is 28.0 Å². The summed E-state index contributed by atoms with van der Waals surface area (Å²) in [5.74, 6) is 2.06. The molecule has 0 N–H and O–H groups in total. The van der Waals surface area contributed by atoms with Crippen LogP contribution in [0.25, 0.3) is 0 Å². The highest BCUT2D eigenvalue weighted by molar-refractivity contribution is 9.10. The van der Waals surface area contributed by atoms with Gasteiger partial charge in [-0.05, 0) is 53.5 Å². The zero-order valence-electron chi connectivity index (χ0n) is 13.8. The Bertz CT molecular complexity index is 701. The molecule has 0 heterocycles. The summed E-state index contributed by atoms with van der Waals surface area (Å²) in [5.41, 5.74) is 1.88. The molecule has 122 valence electrons. The van der Waals surface area contributed by atoms with Gasteiger partial charge in [0, 0.05) is 19.7 Å². The first-order valence-corrected chi connectivity index (χ1v) is 8.20. The topological polar surface area (TPSA) is 34.1 Å². The predicted molar refractivity (Wildman–Crippen MR) is 98.4 cm³/mol. The van der Waals surface area contributed by atoms with E-state index >= 15 is 0 Å². The van der Waals surface area contributed by atoms with E-state index in [9.17, 15) is 0 Å². The monoisotopic (exact) mass is 376 g/mol. The van der Waals surface area contributed by atoms with Crippen LogP contribution in [0.3, 0.4) is 0 Å². The van der Waals surface area contributed by atoms with Crippen LogP contribution < -0.4 is 9.47 Å². The van der Waals surface area contributed by atoms with Gasteiger partial charge in [-0.25, -0.2) is 4.99 Å². The number of rotatable bonds is 6. The van der Waals surface area contributed by atoms with Gasteiger partial charge in [0.25, 0.3) is 0 Å². The second kappa shape index (κ2) is 8.02. The minimum absolute atomic E-state index is 0.651. The summed E-state index contributed by atoms with van der Waals surface area (Å²) in [6.45, 7) is 4.99. The van der Waals surface area contributed by atoms with Gasteiger partial charge in [-0.2, -0.15) is 0 Å². The molecule has 0 aliphatic rings. The van der Waals surface area contributed by atoms with Crippen molar-refractivity contribution in [1.29, 1.82) is 0 Å². The second-order valence-electron chi connectivity index (χ2n) is 5.14. The van der Waals surface area contributed by atoms with E-state index in [1.54, 1.807) is 7.11 Å². The Morgan fingerprint density at radius 3 is 2.57 bits per heavy atom. The molecule has 2 aromatic rings. The molecule has 0 atom stereocenters. The van der Waals surface area contributed by atoms with Gasteiger partial charge < -0.3 is 14.4 Å². The molecule has 0 unspecified atom stereocenters. The molecule has 2 aromatic carbocycles. The molecule has 0 aliphatic heterocycles. The van der Waals surface area contributed by atoms with Gasteiger partial charge in [-0.1, -0.05) is 12.1 Å². The Hall–Kier alpha value is -2.01. The van der Waals surface area contributed by atoms with E-state index in [4.69, 9.17) is 9.47 Å². The van der Waals surface area contributed by atoms with Crippen LogP contribution in [-0.4, -0.2) is 31.9 Å². The zero-order chi connectivity index (χ0) is 16.8. The fraction of sp³-hybridized carbons (Fsp3) is 0.278. The lowest BCUT2D eigenvalue weighted by Crippen LogP contribution is -2.14. The van der Waals surface area contributed by atoms with Crippen molar-refractivity contribution in [2.75, 3.05) is 20.7 Å². The Balaban J connectivity index is 2.33. The van der Waals surface area contributed by atoms with Crippen molar-refractivity contribution >= 4 is 28.0 Å². The van der Waals surface area contributed by atoms with E-state index in [1.165, 1.54) is 0 Å². The molecule has 4 nitrogen and oxygen atoms in total. The van der Waals surface area contributed by atoms with Crippen molar-refractivity contribution in [3.8, 4) is 17.2 Å². The average Bonchev–Trinajstić information content (AvgIpc) is 2.55. The van der Waals surface area contributed by atoms with E-state index in [2.05, 4.69) is 27.8 Å². The summed E-state index contributed by atoms with van der Waals surface area (Å²) in [6, 6.07) is 11.5. The SMILES string of the molecule is CCN(C)/C=N/c1cc(OC)c(Oc2ccccc2Br)cc1C. The van der Waals surface area contributed by atoms with Crippen LogP contribution >= 0.6 is 15.9 Å². The molecule has 0 bridgehead atoms. The smallest absolute Gasteiger partial charge is 0.169 e. The largest absolute Gasteiger partial charge is 0.493 e. The van der Waals surface area contributed by atoms with Crippen molar-refractivity contribution < 1.29 is 9.47 Å². The average molecular weight is 377 g/mol. The van der Waals surface area contributed by atoms with Crippen LogP contribution in [-0.2, 0) is 0 Å². The third-order valence-electron chi connectivity index (χ3n) is 3.43. The summed E-state index contributed by atoms with van der Waals surface area (Å²) in [5, 5.41) is 0. The van der Waals surface area contributed by atoms with Gasteiger partial charge in [0.05, 0.1) is 23.6 Å². The molecular weight excluding hydrogens is 356 g/mol. The lowest BCUT2D eigenvalue weighted by atomic mass is 10.2. The van der Waals surface area contributed by atoms with Crippen molar-refractivity contribution in [3.63, 3.8) is 0 Å². The number of nitrogens with zero attached hydrogens (tertiary/aromatic N) is 2. The quantitative estimate of drug-likeness (QED) is 0.515. The minimum atomic E-state index is 0.651. The molecule has 0 aliphatic carbocycles. The number of ether oxygens (including phenoxy) is 2. The Morgan fingerprint density at radius 2 is 1.91 bits per heavy atom. The third kappa shape index (κ3) is 4.48. The van der Waals surface area contributed by atoms with Crippen molar-refractivity contribution in [2.24, 2.45) is 4.99 Å². The maximum Gasteiger partial charge on any atom is 0.169 e. The highest BCUT2D eigenvalue weighted by Crippen LogP contribution is 2.39. The second-order valence-corrected chi connectivity index (χ2v) is 5.99. The number of methoxy groups -OCH3 is 1. The fourth-order valence-corrected chi connectivity index (χ4v) is 2.28. The molecule has 0 saturated heterocycles. The predicted octanol–water partition coefficient (Wildman–Crippen LogP) is 5.17. The molecule has 2 rings (SSSR count). The number of benzene rings is 2. The summed E-state index contributed by atoms with van der Waals surface area (Å²) in [6.07, 6.45) is 1.82. The summed E-state index contributed by atoms with van der Waals surface area (Å²) in [7, 11) is 3.61. The normalized spacial score (nSPS) is 10.8. The van der Waals surface area contributed by atoms with Crippen molar-refractivity contribution in [1.82, 2.24) is 4.90 Å². The Kier molecular flexibility index (Phi) is 6.04.